The van der Waals surface area contributed by atoms with Gasteiger partial charge in [0.05, 0.1) is 10.7 Å². The molecule has 1 aliphatic rings. The van der Waals surface area contributed by atoms with Crippen molar-refractivity contribution in [1.82, 2.24) is 0 Å². The van der Waals surface area contributed by atoms with E-state index in [0.717, 1.165) is 0 Å². The third-order valence-electron chi connectivity index (χ3n) is 2.93. The molecule has 0 saturated carbocycles. The van der Waals surface area contributed by atoms with Crippen molar-refractivity contribution < 1.29 is 14.3 Å². The lowest BCUT2D eigenvalue weighted by Gasteiger charge is -2.25. The minimum Gasteiger partial charge on any atom is -0.485 e. The summed E-state index contributed by atoms with van der Waals surface area (Å²) in [6, 6.07) is 14.3. The predicted molar refractivity (Wildman–Crippen MR) is 76.4 cm³/mol. The molecule has 5 heteroatoms. The minimum atomic E-state index is -0.693. The molecule has 2 aromatic rings. The predicted octanol–water partition coefficient (Wildman–Crippen LogP) is 3.12. The minimum absolute atomic E-state index is 0.174. The second-order valence-corrected chi connectivity index (χ2v) is 4.74. The molecular formula is C15H12ClNO3. The summed E-state index contributed by atoms with van der Waals surface area (Å²) >= 11 is 6.00. The van der Waals surface area contributed by atoms with Gasteiger partial charge in [-0.25, -0.2) is 0 Å². The Balaban J connectivity index is 1.72. The number of carbonyl (C=O) groups excluding carboxylic acids is 1. The summed E-state index contributed by atoms with van der Waals surface area (Å²) in [5.41, 5.74) is 0.557. The van der Waals surface area contributed by atoms with Gasteiger partial charge in [0.15, 0.2) is 11.5 Å². The van der Waals surface area contributed by atoms with Crippen LogP contribution in [0.4, 0.5) is 5.69 Å². The highest BCUT2D eigenvalue weighted by molar-refractivity contribution is 6.33. The molecule has 0 saturated heterocycles. The van der Waals surface area contributed by atoms with Crippen molar-refractivity contribution >= 4 is 23.2 Å². The van der Waals surface area contributed by atoms with Gasteiger partial charge in [0.25, 0.3) is 5.91 Å². The van der Waals surface area contributed by atoms with Crippen LogP contribution in [0.3, 0.4) is 0 Å². The Morgan fingerprint density at radius 1 is 1.10 bits per heavy atom. The van der Waals surface area contributed by atoms with Crippen molar-refractivity contribution in [2.24, 2.45) is 0 Å². The van der Waals surface area contributed by atoms with Crippen LogP contribution in [0.1, 0.15) is 0 Å². The Bertz CT molecular complexity index is 645. The Labute approximate surface area is 121 Å². The van der Waals surface area contributed by atoms with E-state index in [9.17, 15) is 4.79 Å². The largest absolute Gasteiger partial charge is 0.485 e. The van der Waals surface area contributed by atoms with E-state index < -0.39 is 6.10 Å². The van der Waals surface area contributed by atoms with E-state index in [0.29, 0.717) is 22.2 Å². The van der Waals surface area contributed by atoms with Crippen LogP contribution in [0, 0.1) is 0 Å². The molecule has 2 aromatic carbocycles. The summed E-state index contributed by atoms with van der Waals surface area (Å²) in [6.07, 6.45) is -0.693. The first kappa shape index (κ1) is 12.8. The Hall–Kier alpha value is -2.20. The van der Waals surface area contributed by atoms with E-state index in [1.165, 1.54) is 0 Å². The maximum atomic E-state index is 12.2. The fraction of sp³-hybridized carbons (Fsp3) is 0.133. The third-order valence-corrected chi connectivity index (χ3v) is 3.26. The standard InChI is InChI=1S/C15H12ClNO3/c16-10-5-1-2-6-11(10)17-15(18)14-9-19-12-7-3-4-8-13(12)20-14/h1-8,14H,9H2,(H,17,18)/t14-/m0/s1. The second kappa shape index (κ2) is 5.43. The topological polar surface area (TPSA) is 47.6 Å². The number of anilines is 1. The fourth-order valence-electron chi connectivity index (χ4n) is 1.92. The molecule has 3 rings (SSSR count). The SMILES string of the molecule is O=C(Nc1ccccc1Cl)[C@@H]1COc2ccccc2O1. The monoisotopic (exact) mass is 289 g/mol. The van der Waals surface area contributed by atoms with Gasteiger partial charge in [-0.1, -0.05) is 35.9 Å². The van der Waals surface area contributed by atoms with Crippen molar-refractivity contribution in [3.8, 4) is 11.5 Å². The van der Waals surface area contributed by atoms with Gasteiger partial charge >= 0.3 is 0 Å². The molecular weight excluding hydrogens is 278 g/mol. The number of ether oxygens (including phenoxy) is 2. The van der Waals surface area contributed by atoms with Gasteiger partial charge in [-0.05, 0) is 24.3 Å². The summed E-state index contributed by atoms with van der Waals surface area (Å²) in [7, 11) is 0. The van der Waals surface area contributed by atoms with Crippen LogP contribution in [0.25, 0.3) is 0 Å². The van der Waals surface area contributed by atoms with Crippen LogP contribution in [-0.2, 0) is 4.79 Å². The second-order valence-electron chi connectivity index (χ2n) is 4.33. The number of hydrogen-bond acceptors (Lipinski definition) is 3. The van der Waals surface area contributed by atoms with E-state index in [1.54, 1.807) is 36.4 Å². The zero-order valence-electron chi connectivity index (χ0n) is 10.5. The number of halogens is 1. The smallest absolute Gasteiger partial charge is 0.269 e. The molecule has 1 heterocycles. The molecule has 0 spiro atoms. The van der Waals surface area contributed by atoms with Crippen LogP contribution in [0.2, 0.25) is 5.02 Å². The van der Waals surface area contributed by atoms with Crippen LogP contribution < -0.4 is 14.8 Å². The number of carbonyl (C=O) groups is 1. The molecule has 0 aromatic heterocycles. The highest BCUT2D eigenvalue weighted by Gasteiger charge is 2.27. The number of nitrogens with one attached hydrogen (secondary N) is 1. The first-order chi connectivity index (χ1) is 9.74. The summed E-state index contributed by atoms with van der Waals surface area (Å²) in [6.45, 7) is 0.174. The zero-order chi connectivity index (χ0) is 13.9. The molecule has 0 radical (unpaired) electrons. The van der Waals surface area contributed by atoms with Gasteiger partial charge in [0.1, 0.15) is 6.61 Å². The van der Waals surface area contributed by atoms with Gasteiger partial charge < -0.3 is 14.8 Å². The summed E-state index contributed by atoms with van der Waals surface area (Å²) in [5, 5.41) is 3.22. The van der Waals surface area contributed by atoms with Crippen molar-refractivity contribution in [3.05, 3.63) is 53.6 Å². The van der Waals surface area contributed by atoms with E-state index in [4.69, 9.17) is 21.1 Å². The van der Waals surface area contributed by atoms with E-state index >= 15 is 0 Å². The van der Waals surface area contributed by atoms with Gasteiger partial charge in [-0.3, -0.25) is 4.79 Å². The molecule has 1 amide bonds. The van der Waals surface area contributed by atoms with Crippen LogP contribution in [0.15, 0.2) is 48.5 Å². The lowest BCUT2D eigenvalue weighted by atomic mass is 10.2. The number of fused-ring (bicyclic) bond motifs is 1. The molecule has 102 valence electrons. The Morgan fingerprint density at radius 3 is 2.60 bits per heavy atom. The average molecular weight is 290 g/mol. The number of amides is 1. The normalized spacial score (nSPS) is 16.6. The van der Waals surface area contributed by atoms with E-state index in [-0.39, 0.29) is 12.5 Å². The summed E-state index contributed by atoms with van der Waals surface area (Å²) in [4.78, 5) is 12.2. The molecule has 1 N–H and O–H groups in total. The molecule has 0 aliphatic carbocycles. The molecule has 1 aliphatic heterocycles. The molecule has 20 heavy (non-hydrogen) atoms. The van der Waals surface area contributed by atoms with Crippen molar-refractivity contribution in [3.63, 3.8) is 0 Å². The highest BCUT2D eigenvalue weighted by Crippen LogP contribution is 2.31. The van der Waals surface area contributed by atoms with Crippen LogP contribution in [0.5, 0.6) is 11.5 Å². The maximum absolute atomic E-state index is 12.2. The average Bonchev–Trinajstić information content (AvgIpc) is 2.49. The molecule has 0 fully saturated rings. The molecule has 4 nitrogen and oxygen atoms in total. The van der Waals surface area contributed by atoms with Gasteiger partial charge in [-0.15, -0.1) is 0 Å². The zero-order valence-corrected chi connectivity index (χ0v) is 11.3. The molecule has 0 unspecified atom stereocenters. The first-order valence-electron chi connectivity index (χ1n) is 6.18. The first-order valence-corrected chi connectivity index (χ1v) is 6.56. The number of rotatable bonds is 2. The Morgan fingerprint density at radius 2 is 1.80 bits per heavy atom. The maximum Gasteiger partial charge on any atom is 0.269 e. The Kier molecular flexibility index (Phi) is 3.48. The number of hydrogen-bond donors (Lipinski definition) is 1. The van der Waals surface area contributed by atoms with Crippen LogP contribution >= 0.6 is 11.6 Å². The van der Waals surface area contributed by atoms with Crippen LogP contribution in [-0.4, -0.2) is 18.6 Å². The van der Waals surface area contributed by atoms with Gasteiger partial charge in [-0.2, -0.15) is 0 Å². The molecule has 1 atom stereocenters. The van der Waals surface area contributed by atoms with Crippen molar-refractivity contribution in [2.45, 2.75) is 6.10 Å². The fourth-order valence-corrected chi connectivity index (χ4v) is 2.11. The number of benzene rings is 2. The van der Waals surface area contributed by atoms with Crippen molar-refractivity contribution in [1.29, 1.82) is 0 Å². The lowest BCUT2D eigenvalue weighted by Crippen LogP contribution is -2.40. The summed E-state index contributed by atoms with van der Waals surface area (Å²) < 4.78 is 11.1. The van der Waals surface area contributed by atoms with E-state index in [1.807, 2.05) is 12.1 Å². The highest BCUT2D eigenvalue weighted by atomic mass is 35.5. The summed E-state index contributed by atoms with van der Waals surface area (Å²) in [5.74, 6) is 0.931. The number of para-hydroxylation sites is 3. The van der Waals surface area contributed by atoms with Crippen molar-refractivity contribution in [2.75, 3.05) is 11.9 Å². The molecule has 0 bridgehead atoms. The van der Waals surface area contributed by atoms with Gasteiger partial charge in [0.2, 0.25) is 6.10 Å². The lowest BCUT2D eigenvalue weighted by molar-refractivity contribution is -0.125. The quantitative estimate of drug-likeness (QED) is 0.924. The van der Waals surface area contributed by atoms with Gasteiger partial charge in [0, 0.05) is 0 Å². The van der Waals surface area contributed by atoms with E-state index in [2.05, 4.69) is 5.32 Å². The third kappa shape index (κ3) is 2.56.